The number of aromatic amines is 1. The molecule has 0 saturated carbocycles. The molecule has 0 spiro atoms. The molecule has 5 rings (SSSR count). The molecule has 4 aromatic rings. The van der Waals surface area contributed by atoms with E-state index in [1.807, 2.05) is 6.92 Å². The number of pyridine rings is 2. The Labute approximate surface area is 213 Å². The highest BCUT2D eigenvalue weighted by atomic mass is 35.5. The van der Waals surface area contributed by atoms with Crippen molar-refractivity contribution in [3.05, 3.63) is 92.7 Å². The highest BCUT2D eigenvalue weighted by molar-refractivity contribution is 6.31. The van der Waals surface area contributed by atoms with Crippen LogP contribution in [-0.4, -0.2) is 41.2 Å². The molecule has 1 aliphatic heterocycles. The Kier molecular flexibility index (Phi) is 6.49. The summed E-state index contributed by atoms with van der Waals surface area (Å²) in [6.45, 7) is 3.75. The van der Waals surface area contributed by atoms with Crippen LogP contribution in [0.5, 0.6) is 5.75 Å². The largest absolute Gasteiger partial charge is 0.485 e. The first-order valence-corrected chi connectivity index (χ1v) is 11.4. The average molecular weight is 525 g/mol. The molecule has 2 N–H and O–H groups in total. The van der Waals surface area contributed by atoms with E-state index in [2.05, 4.69) is 35.5 Å². The second kappa shape index (κ2) is 9.90. The summed E-state index contributed by atoms with van der Waals surface area (Å²) in [5, 5.41) is 9.66. The number of aromatic nitrogens is 7. The zero-order chi connectivity index (χ0) is 26.1. The van der Waals surface area contributed by atoms with Crippen LogP contribution >= 0.6 is 11.6 Å². The number of dihydropyridines is 1. The Morgan fingerprint density at radius 1 is 1.19 bits per heavy atom. The Bertz CT molecular complexity index is 1620. The number of halogens is 3. The lowest BCUT2D eigenvalue weighted by molar-refractivity contribution is 0.292. The molecule has 0 aromatic carbocycles. The van der Waals surface area contributed by atoms with Crippen LogP contribution in [0.3, 0.4) is 0 Å². The predicted octanol–water partition coefficient (Wildman–Crippen LogP) is 3.51. The first-order chi connectivity index (χ1) is 17.8. The van der Waals surface area contributed by atoms with Crippen molar-refractivity contribution in [3.8, 4) is 17.4 Å². The van der Waals surface area contributed by atoms with Gasteiger partial charge in [0.25, 0.3) is 5.56 Å². The lowest BCUT2D eigenvalue weighted by Crippen LogP contribution is -2.28. The highest BCUT2D eigenvalue weighted by Gasteiger charge is 2.20. The Morgan fingerprint density at radius 3 is 2.78 bits per heavy atom. The van der Waals surface area contributed by atoms with Crippen molar-refractivity contribution in [2.24, 2.45) is 0 Å². The van der Waals surface area contributed by atoms with E-state index in [4.69, 9.17) is 16.3 Å². The van der Waals surface area contributed by atoms with Gasteiger partial charge in [0.05, 0.1) is 23.3 Å². The molecular formula is C24H19ClF2N8O2. The van der Waals surface area contributed by atoms with E-state index < -0.39 is 17.2 Å². The van der Waals surface area contributed by atoms with Gasteiger partial charge in [-0.25, -0.2) is 23.7 Å². The molecule has 4 aromatic heterocycles. The molecule has 0 bridgehead atoms. The van der Waals surface area contributed by atoms with Crippen LogP contribution in [0, 0.1) is 18.6 Å². The number of ether oxygens (including phenoxy) is 1. The minimum absolute atomic E-state index is 0.0647. The van der Waals surface area contributed by atoms with E-state index in [0.717, 1.165) is 11.8 Å². The van der Waals surface area contributed by atoms with Crippen LogP contribution in [0.25, 0.3) is 23.0 Å². The van der Waals surface area contributed by atoms with Gasteiger partial charge in [0.2, 0.25) is 0 Å². The lowest BCUT2D eigenvalue weighted by Gasteiger charge is -2.23. The fourth-order valence-corrected chi connectivity index (χ4v) is 3.96. The second-order valence-corrected chi connectivity index (χ2v) is 8.53. The van der Waals surface area contributed by atoms with Gasteiger partial charge in [-0.05, 0) is 31.6 Å². The minimum Gasteiger partial charge on any atom is -0.485 e. The van der Waals surface area contributed by atoms with Crippen LogP contribution in [0.4, 0.5) is 8.78 Å². The Morgan fingerprint density at radius 2 is 2.03 bits per heavy atom. The SMILES string of the molecule is CC1=C(n2c(C)cc(OCc3ncc(F)cc3F)c(Cl)c2=O)C=C(c2ccnc(-c3ncn[nH]3)n2)NC1. The maximum absolute atomic E-state index is 13.9. The van der Waals surface area contributed by atoms with E-state index >= 15 is 0 Å². The summed E-state index contributed by atoms with van der Waals surface area (Å²) in [7, 11) is 0. The van der Waals surface area contributed by atoms with Gasteiger partial charge in [0.15, 0.2) is 17.5 Å². The molecule has 0 radical (unpaired) electrons. The molecule has 0 unspecified atom stereocenters. The molecule has 5 heterocycles. The summed E-state index contributed by atoms with van der Waals surface area (Å²) in [6, 6.07) is 4.02. The topological polar surface area (TPSA) is 124 Å². The standard InChI is InChI=1S/C24H19ClF2N8O2/c1-12-8-29-17(16-3-4-28-22(33-16)23-31-11-32-34-23)7-19(12)35-13(2)5-20(21(25)24(35)36)37-10-18-15(27)6-14(26)9-30-18/h3-7,9,11,29H,8,10H2,1-2H3,(H,31,32,34). The maximum Gasteiger partial charge on any atom is 0.277 e. The van der Waals surface area contributed by atoms with Crippen LogP contribution < -0.4 is 15.6 Å². The van der Waals surface area contributed by atoms with Crippen molar-refractivity contribution in [2.45, 2.75) is 20.5 Å². The van der Waals surface area contributed by atoms with E-state index in [-0.39, 0.29) is 23.1 Å². The smallest absolute Gasteiger partial charge is 0.277 e. The van der Waals surface area contributed by atoms with Gasteiger partial charge in [-0.2, -0.15) is 5.10 Å². The molecule has 0 atom stereocenters. The molecule has 0 aliphatic carbocycles. The lowest BCUT2D eigenvalue weighted by atomic mass is 10.1. The number of nitrogens with one attached hydrogen (secondary N) is 2. The predicted molar refractivity (Wildman–Crippen MR) is 131 cm³/mol. The third-order valence-electron chi connectivity index (χ3n) is 5.61. The first-order valence-electron chi connectivity index (χ1n) is 11.0. The van der Waals surface area contributed by atoms with Gasteiger partial charge in [0, 0.05) is 30.6 Å². The van der Waals surface area contributed by atoms with Crippen molar-refractivity contribution in [3.63, 3.8) is 0 Å². The molecule has 37 heavy (non-hydrogen) atoms. The molecule has 1 aliphatic rings. The third kappa shape index (κ3) is 4.83. The van der Waals surface area contributed by atoms with Crippen molar-refractivity contribution in [1.82, 2.24) is 40.0 Å². The van der Waals surface area contributed by atoms with Crippen LogP contribution in [0.2, 0.25) is 5.02 Å². The van der Waals surface area contributed by atoms with E-state index in [1.165, 1.54) is 10.9 Å². The third-order valence-corrected chi connectivity index (χ3v) is 5.96. The number of allylic oxidation sites excluding steroid dienone is 2. The second-order valence-electron chi connectivity index (χ2n) is 8.15. The normalized spacial score (nSPS) is 13.4. The van der Waals surface area contributed by atoms with Crippen molar-refractivity contribution in [1.29, 1.82) is 0 Å². The first kappa shape index (κ1) is 24.3. The molecule has 10 nitrogen and oxygen atoms in total. The fourth-order valence-electron chi connectivity index (χ4n) is 3.77. The molecular weight excluding hydrogens is 506 g/mol. The van der Waals surface area contributed by atoms with E-state index in [1.54, 1.807) is 31.3 Å². The summed E-state index contributed by atoms with van der Waals surface area (Å²) in [5.41, 5.74) is 2.69. The number of nitrogens with zero attached hydrogens (tertiary/aromatic N) is 6. The van der Waals surface area contributed by atoms with Crippen LogP contribution in [0.1, 0.15) is 24.0 Å². The van der Waals surface area contributed by atoms with Crippen LogP contribution in [-0.2, 0) is 6.61 Å². The van der Waals surface area contributed by atoms with Gasteiger partial charge in [-0.15, -0.1) is 0 Å². The summed E-state index contributed by atoms with van der Waals surface area (Å²) in [5.74, 6) is -0.793. The molecule has 0 amide bonds. The van der Waals surface area contributed by atoms with Gasteiger partial charge >= 0.3 is 0 Å². The number of hydrogen-bond donors (Lipinski definition) is 2. The number of H-pyrrole nitrogens is 1. The monoisotopic (exact) mass is 524 g/mol. The molecule has 13 heteroatoms. The fraction of sp³-hybridized carbons (Fsp3) is 0.167. The highest BCUT2D eigenvalue weighted by Crippen LogP contribution is 2.28. The Hall–Kier alpha value is -4.45. The minimum atomic E-state index is -0.856. The van der Waals surface area contributed by atoms with Crippen LogP contribution in [0.15, 0.2) is 53.4 Å². The number of hydrogen-bond acceptors (Lipinski definition) is 8. The summed E-state index contributed by atoms with van der Waals surface area (Å²) in [4.78, 5) is 29.8. The van der Waals surface area contributed by atoms with Crippen molar-refractivity contribution >= 4 is 23.0 Å². The zero-order valence-electron chi connectivity index (χ0n) is 19.6. The van der Waals surface area contributed by atoms with Gasteiger partial charge in [-0.1, -0.05) is 11.6 Å². The van der Waals surface area contributed by atoms with E-state index in [0.29, 0.717) is 47.0 Å². The number of rotatable bonds is 6. The van der Waals surface area contributed by atoms with Crippen molar-refractivity contribution in [2.75, 3.05) is 6.54 Å². The molecule has 188 valence electrons. The Balaban J connectivity index is 1.47. The van der Waals surface area contributed by atoms with E-state index in [9.17, 15) is 13.6 Å². The quantitative estimate of drug-likeness (QED) is 0.393. The summed E-state index contributed by atoms with van der Waals surface area (Å²) < 4.78 is 34.1. The maximum atomic E-state index is 13.9. The van der Waals surface area contributed by atoms with Gasteiger partial charge in [0.1, 0.15) is 35.2 Å². The summed E-state index contributed by atoms with van der Waals surface area (Å²) in [6.07, 6.45) is 5.66. The summed E-state index contributed by atoms with van der Waals surface area (Å²) >= 11 is 6.37. The number of aryl methyl sites for hydroxylation is 1. The van der Waals surface area contributed by atoms with Crippen molar-refractivity contribution < 1.29 is 13.5 Å². The van der Waals surface area contributed by atoms with Gasteiger partial charge in [-0.3, -0.25) is 19.4 Å². The van der Waals surface area contributed by atoms with Gasteiger partial charge < -0.3 is 10.1 Å². The molecule has 0 fully saturated rings. The average Bonchev–Trinajstić information content (AvgIpc) is 3.43. The zero-order valence-corrected chi connectivity index (χ0v) is 20.3. The molecule has 0 saturated heterocycles.